The Morgan fingerprint density at radius 2 is 2.00 bits per heavy atom. The van der Waals surface area contributed by atoms with E-state index in [0.717, 1.165) is 19.4 Å². The first-order valence-corrected chi connectivity index (χ1v) is 9.01. The average molecular weight is 334 g/mol. The molecule has 0 unspecified atom stereocenters. The lowest BCUT2D eigenvalue weighted by atomic mass is 9.98. The standard InChI is InChI=1S/C13H26N4O4S/c1-10(2)22(20,21)15-7-11-5-4-6-17(8-11)9-12(18)16-13(19)14-3/h10-11,15H,4-9H2,1-3H3,(H2,14,16,18,19)/t11-/m0/s1. The van der Waals surface area contributed by atoms with Crippen molar-refractivity contribution in [2.75, 3.05) is 33.2 Å². The minimum absolute atomic E-state index is 0.140. The van der Waals surface area contributed by atoms with E-state index in [2.05, 4.69) is 15.4 Å². The summed E-state index contributed by atoms with van der Waals surface area (Å²) in [6.07, 6.45) is 1.83. The number of sulfonamides is 1. The lowest BCUT2D eigenvalue weighted by Gasteiger charge is -2.32. The summed E-state index contributed by atoms with van der Waals surface area (Å²) < 4.78 is 26.1. The summed E-state index contributed by atoms with van der Waals surface area (Å²) in [5.74, 6) is -0.183. The number of urea groups is 1. The molecule has 0 spiro atoms. The molecule has 3 N–H and O–H groups in total. The summed E-state index contributed by atoms with van der Waals surface area (Å²) in [6.45, 7) is 5.21. The van der Waals surface area contributed by atoms with E-state index in [-0.39, 0.29) is 18.4 Å². The van der Waals surface area contributed by atoms with Gasteiger partial charge >= 0.3 is 6.03 Å². The van der Waals surface area contributed by atoms with Gasteiger partial charge in [-0.1, -0.05) is 0 Å². The quantitative estimate of drug-likeness (QED) is 0.606. The Morgan fingerprint density at radius 1 is 1.32 bits per heavy atom. The zero-order valence-electron chi connectivity index (χ0n) is 13.4. The number of hydrogen-bond donors (Lipinski definition) is 3. The number of nitrogens with one attached hydrogen (secondary N) is 3. The van der Waals surface area contributed by atoms with E-state index in [9.17, 15) is 18.0 Å². The van der Waals surface area contributed by atoms with Crippen LogP contribution in [-0.2, 0) is 14.8 Å². The highest BCUT2D eigenvalue weighted by Gasteiger charge is 2.24. The predicted octanol–water partition coefficient (Wildman–Crippen LogP) is -0.518. The summed E-state index contributed by atoms with van der Waals surface area (Å²) >= 11 is 0. The molecule has 8 nitrogen and oxygen atoms in total. The molecule has 1 atom stereocenters. The van der Waals surface area contributed by atoms with Crippen molar-refractivity contribution in [2.24, 2.45) is 5.92 Å². The van der Waals surface area contributed by atoms with Gasteiger partial charge in [0.25, 0.3) is 0 Å². The van der Waals surface area contributed by atoms with Crippen molar-refractivity contribution in [3.63, 3.8) is 0 Å². The predicted molar refractivity (Wildman–Crippen MR) is 83.8 cm³/mol. The maximum atomic E-state index is 11.8. The highest BCUT2D eigenvalue weighted by molar-refractivity contribution is 7.90. The molecule has 0 bridgehead atoms. The van der Waals surface area contributed by atoms with Crippen LogP contribution in [0, 0.1) is 5.92 Å². The molecule has 0 aliphatic carbocycles. The molecular formula is C13H26N4O4S. The van der Waals surface area contributed by atoms with E-state index < -0.39 is 21.3 Å². The third-order valence-corrected chi connectivity index (χ3v) is 5.45. The van der Waals surface area contributed by atoms with Crippen molar-refractivity contribution < 1.29 is 18.0 Å². The van der Waals surface area contributed by atoms with Crippen molar-refractivity contribution in [3.8, 4) is 0 Å². The number of imide groups is 1. The van der Waals surface area contributed by atoms with Gasteiger partial charge in [-0.15, -0.1) is 0 Å². The van der Waals surface area contributed by atoms with Gasteiger partial charge in [0.1, 0.15) is 0 Å². The molecule has 1 aliphatic heterocycles. The Labute approximate surface area is 132 Å². The second-order valence-corrected chi connectivity index (χ2v) is 8.13. The van der Waals surface area contributed by atoms with E-state index in [1.807, 2.05) is 4.90 Å². The molecule has 9 heteroatoms. The minimum atomic E-state index is -3.26. The highest BCUT2D eigenvalue weighted by Crippen LogP contribution is 2.16. The number of rotatable bonds is 6. The second-order valence-electron chi connectivity index (χ2n) is 5.81. The lowest BCUT2D eigenvalue weighted by Crippen LogP contribution is -2.47. The fourth-order valence-corrected chi connectivity index (χ4v) is 3.10. The Morgan fingerprint density at radius 3 is 2.59 bits per heavy atom. The monoisotopic (exact) mass is 334 g/mol. The van der Waals surface area contributed by atoms with Crippen LogP contribution in [0.4, 0.5) is 4.79 Å². The van der Waals surface area contributed by atoms with E-state index in [1.165, 1.54) is 7.05 Å². The van der Waals surface area contributed by atoms with Crippen molar-refractivity contribution in [3.05, 3.63) is 0 Å². The number of hydrogen-bond acceptors (Lipinski definition) is 5. The smallest absolute Gasteiger partial charge is 0.321 e. The average Bonchev–Trinajstić information content (AvgIpc) is 2.45. The van der Waals surface area contributed by atoms with Crippen LogP contribution >= 0.6 is 0 Å². The number of amides is 3. The number of piperidine rings is 1. The van der Waals surface area contributed by atoms with Crippen molar-refractivity contribution in [1.82, 2.24) is 20.3 Å². The van der Waals surface area contributed by atoms with Gasteiger partial charge in [0.05, 0.1) is 11.8 Å². The molecule has 1 aliphatic rings. The number of likely N-dealkylation sites (tertiary alicyclic amines) is 1. The fraction of sp³-hybridized carbons (Fsp3) is 0.846. The summed E-state index contributed by atoms with van der Waals surface area (Å²) in [6, 6.07) is -0.525. The van der Waals surface area contributed by atoms with Crippen LogP contribution in [0.15, 0.2) is 0 Å². The molecule has 0 saturated carbocycles. The molecule has 1 rings (SSSR count). The van der Waals surface area contributed by atoms with Crippen LogP contribution in [0.1, 0.15) is 26.7 Å². The minimum Gasteiger partial charge on any atom is -0.341 e. The van der Waals surface area contributed by atoms with E-state index >= 15 is 0 Å². The van der Waals surface area contributed by atoms with Crippen molar-refractivity contribution in [1.29, 1.82) is 0 Å². The molecule has 3 amide bonds. The third-order valence-electron chi connectivity index (χ3n) is 3.64. The first-order chi connectivity index (χ1) is 10.2. The van der Waals surface area contributed by atoms with Gasteiger partial charge in [-0.25, -0.2) is 17.9 Å². The van der Waals surface area contributed by atoms with Crippen LogP contribution in [0.2, 0.25) is 0 Å². The topological polar surface area (TPSA) is 108 Å². The number of carbonyl (C=O) groups is 2. The second kappa shape index (κ2) is 8.44. The Hall–Kier alpha value is -1.19. The molecule has 1 heterocycles. The Kier molecular flexibility index (Phi) is 7.24. The normalized spacial score (nSPS) is 19.9. The zero-order chi connectivity index (χ0) is 16.8. The number of nitrogens with zero attached hydrogens (tertiary/aromatic N) is 1. The van der Waals surface area contributed by atoms with Gasteiger partial charge < -0.3 is 5.32 Å². The van der Waals surface area contributed by atoms with Crippen molar-refractivity contribution >= 4 is 22.0 Å². The van der Waals surface area contributed by atoms with Gasteiger partial charge in [0, 0.05) is 20.1 Å². The fourth-order valence-electron chi connectivity index (χ4n) is 2.29. The molecule has 0 radical (unpaired) electrons. The first kappa shape index (κ1) is 18.9. The van der Waals surface area contributed by atoms with Gasteiger partial charge in [0.15, 0.2) is 0 Å². The molecule has 1 fully saturated rings. The summed E-state index contributed by atoms with van der Waals surface area (Å²) in [5, 5.41) is 4.09. The molecule has 0 aromatic rings. The molecule has 1 saturated heterocycles. The van der Waals surface area contributed by atoms with Crippen LogP contribution in [0.3, 0.4) is 0 Å². The molecule has 128 valence electrons. The van der Waals surface area contributed by atoms with Gasteiger partial charge in [0.2, 0.25) is 15.9 Å². The van der Waals surface area contributed by atoms with Crippen molar-refractivity contribution in [2.45, 2.75) is 31.9 Å². The van der Waals surface area contributed by atoms with E-state index in [1.54, 1.807) is 13.8 Å². The summed E-state index contributed by atoms with van der Waals surface area (Å²) in [4.78, 5) is 24.7. The maximum absolute atomic E-state index is 11.8. The molecular weight excluding hydrogens is 308 g/mol. The third kappa shape index (κ3) is 6.29. The molecule has 22 heavy (non-hydrogen) atoms. The van der Waals surface area contributed by atoms with Crippen LogP contribution < -0.4 is 15.4 Å². The van der Waals surface area contributed by atoms with E-state index in [4.69, 9.17) is 0 Å². The maximum Gasteiger partial charge on any atom is 0.321 e. The highest BCUT2D eigenvalue weighted by atomic mass is 32.2. The Balaban J connectivity index is 2.41. The summed E-state index contributed by atoms with van der Waals surface area (Å²) in [7, 11) is -1.81. The largest absolute Gasteiger partial charge is 0.341 e. The molecule has 0 aromatic heterocycles. The zero-order valence-corrected chi connectivity index (χ0v) is 14.2. The lowest BCUT2D eigenvalue weighted by molar-refractivity contribution is -0.121. The number of carbonyl (C=O) groups excluding carboxylic acids is 2. The van der Waals surface area contributed by atoms with Crippen LogP contribution in [0.25, 0.3) is 0 Å². The molecule has 0 aromatic carbocycles. The summed E-state index contributed by atoms with van der Waals surface area (Å²) in [5.41, 5.74) is 0. The first-order valence-electron chi connectivity index (χ1n) is 7.47. The van der Waals surface area contributed by atoms with Gasteiger partial charge in [-0.2, -0.15) is 0 Å². The van der Waals surface area contributed by atoms with Gasteiger partial charge in [-0.05, 0) is 39.2 Å². The van der Waals surface area contributed by atoms with E-state index in [0.29, 0.717) is 13.1 Å². The van der Waals surface area contributed by atoms with Gasteiger partial charge in [-0.3, -0.25) is 15.0 Å². The van der Waals surface area contributed by atoms with Crippen LogP contribution in [0.5, 0.6) is 0 Å². The van der Waals surface area contributed by atoms with Crippen LogP contribution in [-0.4, -0.2) is 63.7 Å². The Bertz CT molecular complexity index is 492. The SMILES string of the molecule is CNC(=O)NC(=O)CN1CCC[C@@H](CNS(=O)(=O)C(C)C)C1.